The predicted octanol–water partition coefficient (Wildman–Crippen LogP) is 3.99. The number of ketones is 1. The van der Waals surface area contributed by atoms with E-state index < -0.39 is 11.7 Å². The maximum Gasteiger partial charge on any atom is 0.162 e. The van der Waals surface area contributed by atoms with Gasteiger partial charge in [0.25, 0.3) is 0 Å². The van der Waals surface area contributed by atoms with Gasteiger partial charge in [0.05, 0.1) is 5.60 Å². The minimum Gasteiger partial charge on any atom is -0.509 e. The number of Topliss-reactive ketones (excluding diaryl/α,β-unsaturated/α-hetero) is 1. The molecule has 0 saturated carbocycles. The van der Waals surface area contributed by atoms with Crippen molar-refractivity contribution in [2.75, 3.05) is 0 Å². The first kappa shape index (κ1) is 19.9. The molecule has 0 amide bonds. The lowest BCUT2D eigenvalue weighted by molar-refractivity contribution is -0.117. The number of carbonyl (C=O) groups excluding carboxylic acids is 1. The Kier molecular flexibility index (Phi) is 6.28. The standard InChI is InChI=1S/C21H32O4/c1-13(2)6-5-7-14(3)15-10-11-21(4,25)17(15)12-16-18(22)8-9-19(23)20(16)24/h6,10,14,17,19,23-25H,5,7-9,11-12H2,1-4H3/t14-,17+,19+,21-/m1/s1. The quantitative estimate of drug-likeness (QED) is 0.634. The summed E-state index contributed by atoms with van der Waals surface area (Å²) < 4.78 is 0. The maximum absolute atomic E-state index is 12.2. The molecule has 0 saturated heterocycles. The molecule has 0 fully saturated rings. The summed E-state index contributed by atoms with van der Waals surface area (Å²) in [6.07, 6.45) is 6.72. The van der Waals surface area contributed by atoms with Gasteiger partial charge < -0.3 is 15.3 Å². The van der Waals surface area contributed by atoms with Crippen LogP contribution in [0.3, 0.4) is 0 Å². The Morgan fingerprint density at radius 1 is 1.44 bits per heavy atom. The summed E-state index contributed by atoms with van der Waals surface area (Å²) in [6.45, 7) is 8.13. The van der Waals surface area contributed by atoms with Gasteiger partial charge in [-0.3, -0.25) is 4.79 Å². The maximum atomic E-state index is 12.2. The molecule has 140 valence electrons. The Morgan fingerprint density at radius 3 is 2.76 bits per heavy atom. The van der Waals surface area contributed by atoms with Crippen molar-refractivity contribution in [1.82, 2.24) is 0 Å². The third kappa shape index (κ3) is 4.62. The summed E-state index contributed by atoms with van der Waals surface area (Å²) >= 11 is 0. The zero-order valence-corrected chi connectivity index (χ0v) is 15.9. The molecule has 3 N–H and O–H groups in total. The normalized spacial score (nSPS) is 31.1. The minimum atomic E-state index is -0.957. The molecule has 2 rings (SSSR count). The van der Waals surface area contributed by atoms with Gasteiger partial charge in [0.2, 0.25) is 0 Å². The molecular formula is C21H32O4. The Balaban J connectivity index is 2.18. The predicted molar refractivity (Wildman–Crippen MR) is 99.2 cm³/mol. The fourth-order valence-electron chi connectivity index (χ4n) is 3.96. The molecule has 0 radical (unpaired) electrons. The average Bonchev–Trinajstić information content (AvgIpc) is 2.82. The number of aliphatic hydroxyl groups is 3. The fourth-order valence-corrected chi connectivity index (χ4v) is 3.96. The van der Waals surface area contributed by atoms with Crippen LogP contribution >= 0.6 is 0 Å². The summed E-state index contributed by atoms with van der Waals surface area (Å²) in [5.74, 6) is -0.195. The van der Waals surface area contributed by atoms with Gasteiger partial charge in [-0.1, -0.05) is 30.2 Å². The van der Waals surface area contributed by atoms with Gasteiger partial charge in [-0.2, -0.15) is 0 Å². The number of allylic oxidation sites excluding steroid dienone is 3. The van der Waals surface area contributed by atoms with Gasteiger partial charge >= 0.3 is 0 Å². The van der Waals surface area contributed by atoms with Crippen molar-refractivity contribution in [2.45, 2.75) is 77.9 Å². The molecule has 0 aliphatic heterocycles. The minimum absolute atomic E-state index is 0.109. The van der Waals surface area contributed by atoms with Gasteiger partial charge in [-0.05, 0) is 58.8 Å². The van der Waals surface area contributed by atoms with Crippen molar-refractivity contribution in [3.05, 3.63) is 34.6 Å². The van der Waals surface area contributed by atoms with Gasteiger partial charge in [-0.15, -0.1) is 0 Å². The lowest BCUT2D eigenvalue weighted by atomic mass is 9.76. The van der Waals surface area contributed by atoms with Gasteiger partial charge in [0.1, 0.15) is 11.9 Å². The molecule has 4 nitrogen and oxygen atoms in total. The first-order chi connectivity index (χ1) is 11.6. The molecule has 0 aromatic carbocycles. The molecule has 0 unspecified atom stereocenters. The van der Waals surface area contributed by atoms with E-state index in [0.717, 1.165) is 12.8 Å². The van der Waals surface area contributed by atoms with E-state index in [1.807, 2.05) is 0 Å². The van der Waals surface area contributed by atoms with Crippen molar-refractivity contribution < 1.29 is 20.1 Å². The SMILES string of the molecule is CC(C)=CCC[C@@H](C)C1=CC[C@@](C)(O)[C@H]1CC1=C(O)[C@@H](O)CCC1=O. The van der Waals surface area contributed by atoms with Crippen molar-refractivity contribution in [3.8, 4) is 0 Å². The van der Waals surface area contributed by atoms with E-state index >= 15 is 0 Å². The largest absolute Gasteiger partial charge is 0.509 e. The lowest BCUT2D eigenvalue weighted by Crippen LogP contribution is -2.35. The molecular weight excluding hydrogens is 316 g/mol. The van der Waals surface area contributed by atoms with Crippen LogP contribution in [0.4, 0.5) is 0 Å². The Labute approximate surface area is 151 Å². The molecule has 4 heteroatoms. The van der Waals surface area contributed by atoms with Crippen LogP contribution in [0, 0.1) is 11.8 Å². The molecule has 0 spiro atoms. The molecule has 2 aliphatic carbocycles. The van der Waals surface area contributed by atoms with Crippen molar-refractivity contribution >= 4 is 5.78 Å². The number of rotatable bonds is 6. The molecule has 2 aliphatic rings. The number of hydrogen-bond acceptors (Lipinski definition) is 4. The van der Waals surface area contributed by atoms with Crippen LogP contribution in [0.2, 0.25) is 0 Å². The van der Waals surface area contributed by atoms with Crippen LogP contribution < -0.4 is 0 Å². The van der Waals surface area contributed by atoms with Crippen LogP contribution in [-0.4, -0.2) is 32.8 Å². The van der Waals surface area contributed by atoms with Crippen molar-refractivity contribution in [1.29, 1.82) is 0 Å². The third-order valence-electron chi connectivity index (χ3n) is 5.64. The van der Waals surface area contributed by atoms with E-state index in [1.54, 1.807) is 6.92 Å². The molecule has 0 heterocycles. The van der Waals surface area contributed by atoms with E-state index in [1.165, 1.54) is 11.1 Å². The molecule has 0 aromatic rings. The smallest absolute Gasteiger partial charge is 0.162 e. The Bertz CT molecular complexity index is 605. The summed E-state index contributed by atoms with van der Waals surface area (Å²) in [6, 6.07) is 0. The topological polar surface area (TPSA) is 77.8 Å². The van der Waals surface area contributed by atoms with Gasteiger partial charge in [0, 0.05) is 17.9 Å². The second kappa shape index (κ2) is 7.88. The van der Waals surface area contributed by atoms with Crippen LogP contribution in [-0.2, 0) is 4.79 Å². The highest BCUT2D eigenvalue weighted by atomic mass is 16.3. The van der Waals surface area contributed by atoms with Crippen LogP contribution in [0.15, 0.2) is 34.6 Å². The van der Waals surface area contributed by atoms with E-state index in [4.69, 9.17) is 0 Å². The van der Waals surface area contributed by atoms with E-state index in [9.17, 15) is 20.1 Å². The molecule has 0 bridgehead atoms. The highest BCUT2D eigenvalue weighted by Crippen LogP contribution is 2.44. The number of carbonyl (C=O) groups is 1. The molecule has 4 atom stereocenters. The van der Waals surface area contributed by atoms with Crippen LogP contribution in [0.1, 0.15) is 66.2 Å². The van der Waals surface area contributed by atoms with Gasteiger partial charge in [0.15, 0.2) is 5.78 Å². The first-order valence-electron chi connectivity index (χ1n) is 9.32. The molecule has 25 heavy (non-hydrogen) atoms. The number of aliphatic hydroxyl groups excluding tert-OH is 2. The average molecular weight is 348 g/mol. The first-order valence-corrected chi connectivity index (χ1v) is 9.32. The van der Waals surface area contributed by atoms with E-state index in [2.05, 4.69) is 32.9 Å². The van der Waals surface area contributed by atoms with Gasteiger partial charge in [-0.25, -0.2) is 0 Å². The highest BCUT2D eigenvalue weighted by molar-refractivity contribution is 5.96. The number of hydrogen-bond donors (Lipinski definition) is 3. The Hall–Kier alpha value is -1.39. The summed E-state index contributed by atoms with van der Waals surface area (Å²) in [4.78, 5) is 12.2. The lowest BCUT2D eigenvalue weighted by Gasteiger charge is -2.32. The van der Waals surface area contributed by atoms with Crippen LogP contribution in [0.5, 0.6) is 0 Å². The van der Waals surface area contributed by atoms with E-state index in [-0.39, 0.29) is 30.3 Å². The van der Waals surface area contributed by atoms with Crippen LogP contribution in [0.25, 0.3) is 0 Å². The van der Waals surface area contributed by atoms with E-state index in [0.29, 0.717) is 24.3 Å². The second-order valence-corrected chi connectivity index (χ2v) is 8.12. The van der Waals surface area contributed by atoms with Crippen molar-refractivity contribution in [3.63, 3.8) is 0 Å². The van der Waals surface area contributed by atoms with Crippen molar-refractivity contribution in [2.24, 2.45) is 11.8 Å². The zero-order chi connectivity index (χ0) is 18.8. The third-order valence-corrected chi connectivity index (χ3v) is 5.64. The summed E-state index contributed by atoms with van der Waals surface area (Å²) in [5, 5.41) is 30.8. The summed E-state index contributed by atoms with van der Waals surface area (Å²) in [5.41, 5.74) is 1.84. The summed E-state index contributed by atoms with van der Waals surface area (Å²) in [7, 11) is 0. The Morgan fingerprint density at radius 2 is 2.12 bits per heavy atom. The molecule has 0 aromatic heterocycles. The monoisotopic (exact) mass is 348 g/mol. The highest BCUT2D eigenvalue weighted by Gasteiger charge is 2.42. The fraction of sp³-hybridized carbons (Fsp3) is 0.667. The second-order valence-electron chi connectivity index (χ2n) is 8.12. The zero-order valence-electron chi connectivity index (χ0n) is 15.9.